The van der Waals surface area contributed by atoms with Crippen LogP contribution in [0.25, 0.3) is 11.6 Å². The smallest absolute Gasteiger partial charge is 0.161 e. The Hall–Kier alpha value is -9.06. The van der Waals surface area contributed by atoms with Crippen molar-refractivity contribution >= 4 is 34.4 Å². The molecule has 1 heterocycles. The fraction of sp³-hybridized carbons (Fsp3) is 0.215. The van der Waals surface area contributed by atoms with E-state index in [9.17, 15) is 0 Å². The maximum absolute atomic E-state index is 17.2. The highest BCUT2D eigenvalue weighted by Crippen LogP contribution is 2.64. The zero-order chi connectivity index (χ0) is 61.7. The number of hydrogen-bond acceptors (Lipinski definition) is 3. The lowest BCUT2D eigenvalue weighted by molar-refractivity contribution is 0.0866. The fourth-order valence-electron chi connectivity index (χ4n) is 16.9. The van der Waals surface area contributed by atoms with Crippen molar-refractivity contribution in [2.75, 3.05) is 16.3 Å². The van der Waals surface area contributed by atoms with Crippen LogP contribution >= 0.6 is 0 Å². The van der Waals surface area contributed by atoms with E-state index in [1.54, 1.807) is 22.0 Å². The molecule has 8 aliphatic carbocycles. The van der Waals surface area contributed by atoms with Gasteiger partial charge in [0.1, 0.15) is 23.3 Å². The van der Waals surface area contributed by atoms with Gasteiger partial charge in [-0.25, -0.2) is 35.1 Å². The van der Waals surface area contributed by atoms with Crippen molar-refractivity contribution in [3.63, 3.8) is 0 Å². The summed E-state index contributed by atoms with van der Waals surface area (Å²) in [6.45, 7) is 7.97. The molecular weight excluding hydrogens is 1140 g/mol. The fourth-order valence-corrected chi connectivity index (χ4v) is 16.9. The maximum atomic E-state index is 17.2. The third kappa shape index (κ3) is 8.99. The molecule has 1 aliphatic heterocycles. The highest BCUT2D eigenvalue weighted by Gasteiger charge is 2.56. The van der Waals surface area contributed by atoms with Gasteiger partial charge in [-0.3, -0.25) is 0 Å². The average molecular weight is 1210 g/mol. The standard InChI is InChI=1S/C79H62F8N2O/c1-3-46-19-23-49(24-20-46)78(51-27-31-53(80)32-28-51)61-14-7-5-12-57(61)59-37-35-55(39-63(59)78)88(72-43-67(84)65(82)41-69(72)86)45-48-11-9-17-74-76(48)77-71(16-10-18-75(77)90-74)89(73-44-68(85)66(83)42-70(73)87)56-36-38-60-58-13-6-8-15-62(58)79(64(60)40-56,52-29-33-54(81)34-30-52)50-25-21-47(4-2)22-26-50/h3-6,9-13,16-21,23-25,27,29-44,51,58,62,74-77H,1-2,7-8,14-15,22,26,28,45H2. The number of nitrogens with zero attached hydrogens (tertiary/aromatic N) is 2. The maximum Gasteiger partial charge on any atom is 0.161 e. The molecule has 11 heteroatoms. The summed E-state index contributed by atoms with van der Waals surface area (Å²) in [6, 6.07) is 29.7. The summed E-state index contributed by atoms with van der Waals surface area (Å²) in [7, 11) is 0. The van der Waals surface area contributed by atoms with Gasteiger partial charge in [-0.2, -0.15) is 0 Å². The molecule has 0 saturated carbocycles. The quantitative estimate of drug-likeness (QED) is 0.0651. The van der Waals surface area contributed by atoms with Gasteiger partial charge >= 0.3 is 0 Å². The molecule has 15 rings (SSSR count). The summed E-state index contributed by atoms with van der Waals surface area (Å²) in [6.07, 6.45) is 36.6. The van der Waals surface area contributed by atoms with E-state index < -0.39 is 69.8 Å². The molecular formula is C79H62F8N2O. The molecule has 450 valence electrons. The Kier molecular flexibility index (Phi) is 14.3. The lowest BCUT2D eigenvalue weighted by atomic mass is 9.60. The van der Waals surface area contributed by atoms with Gasteiger partial charge in [-0.05, 0) is 173 Å². The molecule has 1 fully saturated rings. The Morgan fingerprint density at radius 3 is 2.01 bits per heavy atom. The number of benzene rings is 6. The minimum Gasteiger partial charge on any atom is -0.365 e. The van der Waals surface area contributed by atoms with Gasteiger partial charge in [-0.1, -0.05) is 152 Å². The number of halogens is 8. The summed E-state index contributed by atoms with van der Waals surface area (Å²) < 4.78 is 134. The van der Waals surface area contributed by atoms with E-state index in [1.807, 2.05) is 103 Å². The van der Waals surface area contributed by atoms with E-state index in [2.05, 4.69) is 67.8 Å². The molecule has 0 radical (unpaired) electrons. The Bertz CT molecular complexity index is 4380. The van der Waals surface area contributed by atoms with Gasteiger partial charge < -0.3 is 14.5 Å². The zero-order valence-electron chi connectivity index (χ0n) is 49.1. The molecule has 6 aromatic rings. The first kappa shape index (κ1) is 57.4. The number of fused-ring (bicyclic) bond motifs is 8. The van der Waals surface area contributed by atoms with Crippen LogP contribution in [0.2, 0.25) is 0 Å². The van der Waals surface area contributed by atoms with E-state index in [-0.39, 0.29) is 47.3 Å². The number of ether oxygens (including phenoxy) is 1. The van der Waals surface area contributed by atoms with Gasteiger partial charge in [0.25, 0.3) is 0 Å². The van der Waals surface area contributed by atoms with Gasteiger partial charge in [0.2, 0.25) is 0 Å². The SMILES string of the molecule is C=CC1=CC=C(C2(c3ccc(F)cc3)c3cc(N(C4=CC=CC5OC6C=CC=C(CN(c7ccc8c(c7)C(c7ccc(C=C)cc7)(C7C=CC(F)=CC7)C7=C8C=CCC7)c7cc(F)c(F)cc7F)C6C45)c4cc(F)c(F)cc4F)ccc3C3C=CCCC32)CC1. The van der Waals surface area contributed by atoms with Crippen molar-refractivity contribution in [1.29, 1.82) is 0 Å². The first-order chi connectivity index (χ1) is 43.8. The number of rotatable bonds is 13. The summed E-state index contributed by atoms with van der Waals surface area (Å²) in [5.74, 6) is -9.55. The van der Waals surface area contributed by atoms with Crippen molar-refractivity contribution in [3.8, 4) is 0 Å². The Balaban J connectivity index is 0.888. The van der Waals surface area contributed by atoms with Crippen molar-refractivity contribution in [1.82, 2.24) is 0 Å². The molecule has 0 amide bonds. The average Bonchev–Trinajstić information content (AvgIpc) is 1.52. The van der Waals surface area contributed by atoms with Crippen LogP contribution in [0.5, 0.6) is 0 Å². The first-order valence-corrected chi connectivity index (χ1v) is 31.0. The second-order valence-corrected chi connectivity index (χ2v) is 24.9. The molecule has 9 aliphatic rings. The molecule has 1 saturated heterocycles. The highest BCUT2D eigenvalue weighted by molar-refractivity contribution is 5.91. The third-order valence-corrected chi connectivity index (χ3v) is 20.7. The van der Waals surface area contributed by atoms with Gasteiger partial charge in [0, 0.05) is 76.5 Å². The Labute approximate surface area is 518 Å². The van der Waals surface area contributed by atoms with Gasteiger partial charge in [0.15, 0.2) is 23.3 Å². The van der Waals surface area contributed by atoms with Crippen LogP contribution in [0.1, 0.15) is 89.8 Å². The lowest BCUT2D eigenvalue weighted by Gasteiger charge is -2.43. The molecule has 0 bridgehead atoms. The van der Waals surface area contributed by atoms with Crippen LogP contribution in [-0.2, 0) is 15.6 Å². The Morgan fingerprint density at radius 2 is 1.28 bits per heavy atom. The van der Waals surface area contributed by atoms with Crippen LogP contribution < -0.4 is 9.80 Å². The second-order valence-electron chi connectivity index (χ2n) is 24.9. The largest absolute Gasteiger partial charge is 0.365 e. The van der Waals surface area contributed by atoms with Crippen molar-refractivity contribution in [2.24, 2.45) is 23.7 Å². The van der Waals surface area contributed by atoms with Crippen LogP contribution in [-0.4, -0.2) is 18.8 Å². The number of anilines is 4. The third-order valence-electron chi connectivity index (χ3n) is 20.7. The minimum absolute atomic E-state index is 0.00108. The molecule has 0 aromatic heterocycles. The van der Waals surface area contributed by atoms with Crippen LogP contribution in [0.3, 0.4) is 0 Å². The monoisotopic (exact) mass is 1210 g/mol. The normalized spacial score (nSPS) is 26.5. The van der Waals surface area contributed by atoms with Gasteiger partial charge in [0.05, 0.1) is 23.6 Å². The molecule has 3 nitrogen and oxygen atoms in total. The highest BCUT2D eigenvalue weighted by atomic mass is 19.2. The van der Waals surface area contributed by atoms with Crippen LogP contribution in [0.15, 0.2) is 253 Å². The van der Waals surface area contributed by atoms with Crippen molar-refractivity contribution in [2.45, 2.75) is 73.9 Å². The minimum atomic E-state index is -1.36. The molecule has 0 N–H and O–H groups in total. The predicted molar refractivity (Wildman–Crippen MR) is 341 cm³/mol. The van der Waals surface area contributed by atoms with E-state index >= 15 is 35.1 Å². The van der Waals surface area contributed by atoms with Crippen LogP contribution in [0.4, 0.5) is 57.9 Å². The van der Waals surface area contributed by atoms with Crippen LogP contribution in [0, 0.1) is 64.4 Å². The number of allylic oxidation sites excluding steroid dienone is 19. The first-order valence-electron chi connectivity index (χ1n) is 31.0. The second kappa shape index (κ2) is 22.5. The van der Waals surface area contributed by atoms with Crippen molar-refractivity contribution < 1.29 is 39.9 Å². The molecule has 90 heavy (non-hydrogen) atoms. The topological polar surface area (TPSA) is 15.7 Å². The van der Waals surface area contributed by atoms with Crippen molar-refractivity contribution in [3.05, 3.63) is 333 Å². The zero-order valence-corrected chi connectivity index (χ0v) is 49.1. The Morgan fingerprint density at radius 1 is 0.578 bits per heavy atom. The van der Waals surface area contributed by atoms with E-state index in [1.165, 1.54) is 18.2 Å². The number of hydrogen-bond donors (Lipinski definition) is 0. The molecule has 9 unspecified atom stereocenters. The summed E-state index contributed by atoms with van der Waals surface area (Å²) >= 11 is 0. The summed E-state index contributed by atoms with van der Waals surface area (Å²) in [5.41, 5.74) is 11.0. The predicted octanol–water partition coefficient (Wildman–Crippen LogP) is 20.2. The van der Waals surface area contributed by atoms with E-state index in [0.717, 1.165) is 99.1 Å². The van der Waals surface area contributed by atoms with Gasteiger partial charge in [-0.15, -0.1) is 0 Å². The summed E-state index contributed by atoms with van der Waals surface area (Å²) in [5, 5.41) is 0. The summed E-state index contributed by atoms with van der Waals surface area (Å²) in [4.78, 5) is 3.32. The van der Waals surface area contributed by atoms with E-state index in [0.29, 0.717) is 54.0 Å². The molecule has 9 atom stereocenters. The molecule has 0 spiro atoms. The lowest BCUT2D eigenvalue weighted by Crippen LogP contribution is -2.38. The van der Waals surface area contributed by atoms with E-state index in [4.69, 9.17) is 4.74 Å². The molecule has 6 aromatic carbocycles.